The first-order chi connectivity index (χ1) is 10.1. The smallest absolute Gasteiger partial charge is 0.236 e. The predicted molar refractivity (Wildman–Crippen MR) is 89.4 cm³/mol. The van der Waals surface area contributed by atoms with Crippen LogP contribution in [0.5, 0.6) is 0 Å². The van der Waals surface area contributed by atoms with Gasteiger partial charge in [0.15, 0.2) is 0 Å². The Hall–Kier alpha value is -1.05. The quantitative estimate of drug-likeness (QED) is 0.905. The molecule has 1 N–H and O–H groups in total. The largest absolute Gasteiger partial charge is 0.383 e. The molecule has 4 nitrogen and oxygen atoms in total. The van der Waals surface area contributed by atoms with Gasteiger partial charge in [-0.05, 0) is 43.4 Å². The van der Waals surface area contributed by atoms with Gasteiger partial charge in [0, 0.05) is 11.1 Å². The summed E-state index contributed by atoms with van der Waals surface area (Å²) in [5, 5.41) is 11.2. The van der Waals surface area contributed by atoms with Crippen LogP contribution in [0.25, 0.3) is 10.9 Å². The predicted octanol–water partition coefficient (Wildman–Crippen LogP) is 2.86. The van der Waals surface area contributed by atoms with Crippen molar-refractivity contribution in [1.29, 1.82) is 0 Å². The van der Waals surface area contributed by atoms with Gasteiger partial charge in [-0.3, -0.25) is 0 Å². The summed E-state index contributed by atoms with van der Waals surface area (Å²) in [7, 11) is -3.63. The average molecular weight is 345 g/mol. The van der Waals surface area contributed by atoms with E-state index in [1.165, 1.54) is 23.9 Å². The molecule has 0 saturated heterocycles. The third-order valence-corrected chi connectivity index (χ3v) is 5.74. The highest BCUT2D eigenvalue weighted by Crippen LogP contribution is 2.33. The van der Waals surface area contributed by atoms with Crippen molar-refractivity contribution >= 4 is 32.7 Å². The summed E-state index contributed by atoms with van der Waals surface area (Å²) in [5.41, 5.74) is -0.314. The number of thioether (sulfide) groups is 1. The van der Waals surface area contributed by atoms with Crippen molar-refractivity contribution in [3.8, 4) is 0 Å². The van der Waals surface area contributed by atoms with Gasteiger partial charge in [0.05, 0.1) is 17.5 Å². The lowest BCUT2D eigenvalue weighted by Crippen LogP contribution is -2.30. The number of benzene rings is 1. The van der Waals surface area contributed by atoms with Crippen LogP contribution in [0.1, 0.15) is 25.1 Å². The molecule has 1 aromatic carbocycles. The molecule has 1 heterocycles. The van der Waals surface area contributed by atoms with Gasteiger partial charge in [-0.1, -0.05) is 6.92 Å². The maximum atomic E-state index is 13.8. The highest BCUT2D eigenvalue weighted by molar-refractivity contribution is 7.99. The van der Waals surface area contributed by atoms with Crippen molar-refractivity contribution in [1.82, 2.24) is 3.97 Å². The summed E-state index contributed by atoms with van der Waals surface area (Å²) in [4.78, 5) is 0. The third-order valence-electron chi connectivity index (χ3n) is 3.51. The Morgan fingerprint density at radius 2 is 2.00 bits per heavy atom. The highest BCUT2D eigenvalue weighted by Gasteiger charge is 2.31. The molecule has 0 radical (unpaired) electrons. The normalized spacial score (nSPS) is 15.2. The number of halogens is 1. The molecule has 0 bridgehead atoms. The zero-order chi connectivity index (χ0) is 16.7. The van der Waals surface area contributed by atoms with E-state index in [1.54, 1.807) is 19.9 Å². The Morgan fingerprint density at radius 3 is 2.55 bits per heavy atom. The Balaban J connectivity index is 2.79. The van der Waals surface area contributed by atoms with Gasteiger partial charge < -0.3 is 5.11 Å². The minimum Gasteiger partial charge on any atom is -0.383 e. The number of nitrogens with zero attached hydrogens (tertiary/aromatic N) is 1. The molecule has 2 aromatic rings. The van der Waals surface area contributed by atoms with E-state index < -0.39 is 21.4 Å². The van der Waals surface area contributed by atoms with Crippen molar-refractivity contribution in [2.45, 2.75) is 26.4 Å². The Labute approximate surface area is 134 Å². The molecule has 22 heavy (non-hydrogen) atoms. The molecular formula is C15H20FNO3S2. The second-order valence-electron chi connectivity index (χ2n) is 5.63. The lowest BCUT2D eigenvalue weighted by Gasteiger charge is -2.24. The molecule has 0 amide bonds. The lowest BCUT2D eigenvalue weighted by atomic mass is 10.1. The van der Waals surface area contributed by atoms with E-state index >= 15 is 0 Å². The van der Waals surface area contributed by atoms with Gasteiger partial charge in [-0.25, -0.2) is 16.8 Å². The summed E-state index contributed by atoms with van der Waals surface area (Å²) in [6.07, 6.45) is 1.08. The van der Waals surface area contributed by atoms with Crippen molar-refractivity contribution in [2.24, 2.45) is 0 Å². The zero-order valence-corrected chi connectivity index (χ0v) is 14.7. The Bertz CT molecular complexity index is 810. The number of aliphatic hydroxyl groups is 1. The van der Waals surface area contributed by atoms with Crippen LogP contribution in [0.15, 0.2) is 18.2 Å². The SMILES string of the molecule is CCSCC(C)(O)c1cc2cc(F)c(C)cc2n1S(C)(=O)=O. The van der Waals surface area contributed by atoms with Crippen LogP contribution in [0.3, 0.4) is 0 Å². The molecule has 0 spiro atoms. The van der Waals surface area contributed by atoms with E-state index in [-0.39, 0.29) is 5.69 Å². The number of hydrogen-bond donors (Lipinski definition) is 1. The molecule has 1 unspecified atom stereocenters. The van der Waals surface area contributed by atoms with E-state index in [0.29, 0.717) is 22.2 Å². The van der Waals surface area contributed by atoms with Crippen molar-refractivity contribution < 1.29 is 17.9 Å². The molecular weight excluding hydrogens is 325 g/mol. The van der Waals surface area contributed by atoms with E-state index in [9.17, 15) is 17.9 Å². The summed E-state index contributed by atoms with van der Waals surface area (Å²) in [6, 6.07) is 4.35. The highest BCUT2D eigenvalue weighted by atomic mass is 32.2. The fraction of sp³-hybridized carbons (Fsp3) is 0.467. The standard InChI is InChI=1S/C15H20FNO3S2/c1-5-21-9-15(3,18)14-8-11-7-12(16)10(2)6-13(11)17(14)22(4,19)20/h6-8,18H,5,9H2,1-4H3. The summed E-state index contributed by atoms with van der Waals surface area (Å²) in [6.45, 7) is 5.12. The number of aromatic nitrogens is 1. The Morgan fingerprint density at radius 1 is 1.36 bits per heavy atom. The van der Waals surface area contributed by atoms with Gasteiger partial charge in [-0.2, -0.15) is 11.8 Å². The minimum atomic E-state index is -3.63. The van der Waals surface area contributed by atoms with Crippen LogP contribution in [0.2, 0.25) is 0 Å². The van der Waals surface area contributed by atoms with Crippen LogP contribution in [-0.2, 0) is 15.6 Å². The van der Waals surface area contributed by atoms with E-state index in [2.05, 4.69) is 0 Å². The van der Waals surface area contributed by atoms with Crippen LogP contribution in [-0.4, -0.2) is 35.3 Å². The fourth-order valence-electron chi connectivity index (χ4n) is 2.42. The number of hydrogen-bond acceptors (Lipinski definition) is 4. The van der Waals surface area contributed by atoms with Crippen LogP contribution in [0.4, 0.5) is 4.39 Å². The van der Waals surface area contributed by atoms with Crippen LogP contribution in [0, 0.1) is 12.7 Å². The van der Waals surface area contributed by atoms with E-state index in [1.807, 2.05) is 6.92 Å². The molecule has 1 atom stereocenters. The molecule has 0 saturated carbocycles. The Kier molecular flexibility index (Phi) is 4.61. The number of rotatable bonds is 5. The van der Waals surface area contributed by atoms with Crippen LogP contribution < -0.4 is 0 Å². The topological polar surface area (TPSA) is 59.3 Å². The molecule has 0 aliphatic carbocycles. The van der Waals surface area contributed by atoms with Gasteiger partial charge in [0.2, 0.25) is 10.0 Å². The number of aryl methyl sites for hydroxylation is 1. The van der Waals surface area contributed by atoms with Crippen molar-refractivity contribution in [3.05, 3.63) is 35.3 Å². The van der Waals surface area contributed by atoms with E-state index in [4.69, 9.17) is 0 Å². The average Bonchev–Trinajstić information content (AvgIpc) is 2.76. The van der Waals surface area contributed by atoms with Gasteiger partial charge >= 0.3 is 0 Å². The van der Waals surface area contributed by atoms with Gasteiger partial charge in [-0.15, -0.1) is 0 Å². The van der Waals surface area contributed by atoms with Gasteiger partial charge in [0.1, 0.15) is 11.4 Å². The lowest BCUT2D eigenvalue weighted by molar-refractivity contribution is 0.0787. The molecule has 0 fully saturated rings. The van der Waals surface area contributed by atoms with Crippen molar-refractivity contribution in [2.75, 3.05) is 17.8 Å². The van der Waals surface area contributed by atoms with Crippen molar-refractivity contribution in [3.63, 3.8) is 0 Å². The molecule has 0 aliphatic rings. The maximum absolute atomic E-state index is 13.8. The maximum Gasteiger partial charge on any atom is 0.236 e. The zero-order valence-electron chi connectivity index (χ0n) is 13.1. The summed E-state index contributed by atoms with van der Waals surface area (Å²) < 4.78 is 39.3. The third kappa shape index (κ3) is 3.16. The molecule has 0 aliphatic heterocycles. The number of fused-ring (bicyclic) bond motifs is 1. The second kappa shape index (κ2) is 5.86. The first-order valence-electron chi connectivity index (χ1n) is 6.90. The minimum absolute atomic E-state index is 0.260. The second-order valence-corrected chi connectivity index (χ2v) is 8.73. The monoisotopic (exact) mass is 345 g/mol. The van der Waals surface area contributed by atoms with E-state index in [0.717, 1.165) is 16.0 Å². The molecule has 122 valence electrons. The van der Waals surface area contributed by atoms with Gasteiger partial charge in [0.25, 0.3) is 0 Å². The summed E-state index contributed by atoms with van der Waals surface area (Å²) in [5.74, 6) is 0.770. The fourth-order valence-corrected chi connectivity index (χ4v) is 4.29. The van der Waals surface area contributed by atoms with Crippen LogP contribution >= 0.6 is 11.8 Å². The molecule has 2 rings (SSSR count). The molecule has 7 heteroatoms. The summed E-state index contributed by atoms with van der Waals surface area (Å²) >= 11 is 1.51. The molecule has 1 aromatic heterocycles. The first-order valence-corrected chi connectivity index (χ1v) is 9.91. The first kappa shape index (κ1) is 17.3.